The van der Waals surface area contributed by atoms with Gasteiger partial charge < -0.3 is 10.6 Å². The second-order valence-corrected chi connectivity index (χ2v) is 9.30. The maximum Gasteiger partial charge on any atom is 0.419 e. The summed E-state index contributed by atoms with van der Waals surface area (Å²) in [5, 5.41) is 18.0. The summed E-state index contributed by atoms with van der Waals surface area (Å²) in [6, 6.07) is 6.53. The van der Waals surface area contributed by atoms with E-state index in [1.165, 1.54) is 10.7 Å². The molecule has 200 valence electrons. The lowest BCUT2D eigenvalue weighted by atomic mass is 10.1. The van der Waals surface area contributed by atoms with E-state index >= 15 is 0 Å². The number of carbonyl (C=O) groups is 1. The summed E-state index contributed by atoms with van der Waals surface area (Å²) < 4.78 is 58.4. The first-order valence-corrected chi connectivity index (χ1v) is 11.8. The molecule has 0 radical (unpaired) electrons. The van der Waals surface area contributed by atoms with E-state index in [-0.39, 0.29) is 29.4 Å². The molecular formula is C26H27F4N7O. The third-order valence-corrected chi connectivity index (χ3v) is 6.13. The second-order valence-electron chi connectivity index (χ2n) is 9.30. The van der Waals surface area contributed by atoms with Crippen molar-refractivity contribution in [1.82, 2.24) is 30.1 Å². The van der Waals surface area contributed by atoms with Gasteiger partial charge in [-0.25, -0.2) is 9.07 Å². The van der Waals surface area contributed by atoms with Gasteiger partial charge in [0, 0.05) is 47.7 Å². The molecule has 0 fully saturated rings. The Balaban J connectivity index is 1.64. The molecular weight excluding hydrogens is 502 g/mol. The summed E-state index contributed by atoms with van der Waals surface area (Å²) in [6.45, 7) is 7.19. The first-order valence-electron chi connectivity index (χ1n) is 11.8. The van der Waals surface area contributed by atoms with E-state index < -0.39 is 23.5 Å². The van der Waals surface area contributed by atoms with Crippen LogP contribution < -0.4 is 10.6 Å². The zero-order valence-electron chi connectivity index (χ0n) is 21.5. The van der Waals surface area contributed by atoms with Gasteiger partial charge in [-0.15, -0.1) is 5.10 Å². The van der Waals surface area contributed by atoms with E-state index in [1.807, 2.05) is 20.9 Å². The summed E-state index contributed by atoms with van der Waals surface area (Å²) in [7, 11) is 1.82. The number of alkyl halides is 3. The lowest BCUT2D eigenvalue weighted by Gasteiger charge is -2.16. The molecule has 2 N–H and O–H groups in total. The van der Waals surface area contributed by atoms with Gasteiger partial charge in [0.2, 0.25) is 0 Å². The summed E-state index contributed by atoms with van der Waals surface area (Å²) >= 11 is 0. The van der Waals surface area contributed by atoms with Crippen LogP contribution in [0.1, 0.15) is 46.6 Å². The Morgan fingerprint density at radius 2 is 1.87 bits per heavy atom. The molecule has 2 aromatic carbocycles. The Morgan fingerprint density at radius 1 is 1.13 bits per heavy atom. The third kappa shape index (κ3) is 5.59. The molecule has 0 unspecified atom stereocenters. The van der Waals surface area contributed by atoms with Crippen LogP contribution in [0.4, 0.5) is 23.2 Å². The van der Waals surface area contributed by atoms with Gasteiger partial charge in [-0.3, -0.25) is 9.48 Å². The Hall–Kier alpha value is -4.06. The summed E-state index contributed by atoms with van der Waals surface area (Å²) in [5.41, 5.74) is 2.04. The molecule has 0 atom stereocenters. The van der Waals surface area contributed by atoms with E-state index in [2.05, 4.69) is 26.0 Å². The Bertz CT molecular complexity index is 1490. The Labute approximate surface area is 216 Å². The van der Waals surface area contributed by atoms with Crippen molar-refractivity contribution in [2.45, 2.75) is 46.5 Å². The molecule has 2 heterocycles. The average molecular weight is 530 g/mol. The molecule has 4 rings (SSSR count). The van der Waals surface area contributed by atoms with Gasteiger partial charge in [0.1, 0.15) is 11.5 Å². The number of rotatable bonds is 7. The molecule has 2 aromatic heterocycles. The molecule has 12 heteroatoms. The van der Waals surface area contributed by atoms with E-state index in [0.29, 0.717) is 17.4 Å². The fourth-order valence-electron chi connectivity index (χ4n) is 3.86. The number of nitrogens with one attached hydrogen (secondary N) is 2. The minimum absolute atomic E-state index is 0.0765. The number of hydrogen-bond acceptors (Lipinski definition) is 5. The van der Waals surface area contributed by atoms with Crippen LogP contribution in [0.25, 0.3) is 16.9 Å². The van der Waals surface area contributed by atoms with Crippen molar-refractivity contribution in [3.05, 3.63) is 76.5 Å². The number of anilines is 1. The van der Waals surface area contributed by atoms with Gasteiger partial charge >= 0.3 is 6.18 Å². The number of nitrogens with zero attached hydrogens (tertiary/aromatic N) is 5. The standard InChI is InChI=1S/C26H27F4N7O/c1-14(2)31-11-18-8-19(10-21(24(18)27)26(28,29)30)33-25(38)17-7-6-15(3)23(9-17)37-13-22(34-35-37)20-12-32-36(5)16(20)4/h6-10,12-14,31H,11H2,1-5H3,(H,33,38). The van der Waals surface area contributed by atoms with E-state index in [4.69, 9.17) is 0 Å². The number of amides is 1. The van der Waals surface area contributed by atoms with Crippen LogP contribution in [0, 0.1) is 19.7 Å². The molecule has 38 heavy (non-hydrogen) atoms. The van der Waals surface area contributed by atoms with Crippen molar-refractivity contribution < 1.29 is 22.4 Å². The average Bonchev–Trinajstić information content (AvgIpc) is 3.45. The summed E-state index contributed by atoms with van der Waals surface area (Å²) in [4.78, 5) is 13.0. The predicted octanol–water partition coefficient (Wildman–Crippen LogP) is 5.19. The molecule has 0 aliphatic rings. The Kier molecular flexibility index (Phi) is 7.36. The highest BCUT2D eigenvalue weighted by molar-refractivity contribution is 6.04. The zero-order chi connectivity index (χ0) is 27.8. The SMILES string of the molecule is Cc1ccc(C(=O)Nc2cc(CNC(C)C)c(F)c(C(F)(F)F)c2)cc1-n1cc(-c2cnn(C)c2C)nn1. The molecule has 0 aliphatic carbocycles. The number of benzene rings is 2. The highest BCUT2D eigenvalue weighted by atomic mass is 19.4. The molecule has 0 bridgehead atoms. The highest BCUT2D eigenvalue weighted by Crippen LogP contribution is 2.35. The van der Waals surface area contributed by atoms with Crippen LogP contribution in [0.3, 0.4) is 0 Å². The number of halogens is 4. The minimum Gasteiger partial charge on any atom is -0.322 e. The molecule has 4 aromatic rings. The van der Waals surface area contributed by atoms with E-state index in [9.17, 15) is 22.4 Å². The maximum absolute atomic E-state index is 14.6. The first kappa shape index (κ1) is 27.0. The van der Waals surface area contributed by atoms with Crippen molar-refractivity contribution in [3.8, 4) is 16.9 Å². The summed E-state index contributed by atoms with van der Waals surface area (Å²) in [5.74, 6) is -2.02. The van der Waals surface area contributed by atoms with Crippen LogP contribution in [0.15, 0.2) is 42.7 Å². The largest absolute Gasteiger partial charge is 0.419 e. The van der Waals surface area contributed by atoms with Crippen molar-refractivity contribution >= 4 is 11.6 Å². The van der Waals surface area contributed by atoms with Crippen molar-refractivity contribution in [3.63, 3.8) is 0 Å². The predicted molar refractivity (Wildman–Crippen MR) is 134 cm³/mol. The lowest BCUT2D eigenvalue weighted by molar-refractivity contribution is -0.140. The fraction of sp³-hybridized carbons (Fsp3) is 0.308. The van der Waals surface area contributed by atoms with Crippen LogP contribution >= 0.6 is 0 Å². The molecule has 0 aliphatic heterocycles. The van der Waals surface area contributed by atoms with Gasteiger partial charge in [0.15, 0.2) is 0 Å². The smallest absolute Gasteiger partial charge is 0.322 e. The normalized spacial score (nSPS) is 11.8. The molecule has 1 amide bonds. The van der Waals surface area contributed by atoms with Gasteiger partial charge in [-0.05, 0) is 43.7 Å². The van der Waals surface area contributed by atoms with Gasteiger partial charge in [-0.1, -0.05) is 25.1 Å². The summed E-state index contributed by atoms with van der Waals surface area (Å²) in [6.07, 6.45) is -1.53. The van der Waals surface area contributed by atoms with Gasteiger partial charge in [0.25, 0.3) is 5.91 Å². The fourth-order valence-corrected chi connectivity index (χ4v) is 3.86. The zero-order valence-corrected chi connectivity index (χ0v) is 21.5. The first-order chi connectivity index (χ1) is 17.8. The third-order valence-electron chi connectivity index (χ3n) is 6.13. The quantitative estimate of drug-likeness (QED) is 0.322. The minimum atomic E-state index is -4.92. The monoisotopic (exact) mass is 529 g/mol. The molecule has 0 saturated carbocycles. The molecule has 0 saturated heterocycles. The van der Waals surface area contributed by atoms with Crippen LogP contribution in [0.5, 0.6) is 0 Å². The number of aryl methyl sites for hydroxylation is 2. The number of aromatic nitrogens is 5. The Morgan fingerprint density at radius 3 is 2.50 bits per heavy atom. The van der Waals surface area contributed by atoms with Crippen molar-refractivity contribution in [2.75, 3.05) is 5.32 Å². The van der Waals surface area contributed by atoms with Crippen LogP contribution in [-0.4, -0.2) is 36.7 Å². The van der Waals surface area contributed by atoms with Crippen molar-refractivity contribution in [1.29, 1.82) is 0 Å². The van der Waals surface area contributed by atoms with Gasteiger partial charge in [0.05, 0.1) is 23.6 Å². The van der Waals surface area contributed by atoms with Gasteiger partial charge in [-0.2, -0.15) is 18.3 Å². The topological polar surface area (TPSA) is 89.7 Å². The number of hydrogen-bond donors (Lipinski definition) is 2. The highest BCUT2D eigenvalue weighted by Gasteiger charge is 2.35. The second kappa shape index (κ2) is 10.4. The molecule has 0 spiro atoms. The van der Waals surface area contributed by atoms with Crippen molar-refractivity contribution in [2.24, 2.45) is 7.05 Å². The lowest BCUT2D eigenvalue weighted by Crippen LogP contribution is -2.24. The van der Waals surface area contributed by atoms with Crippen LogP contribution in [-0.2, 0) is 19.8 Å². The molecule has 8 nitrogen and oxygen atoms in total. The van der Waals surface area contributed by atoms with Crippen LogP contribution in [0.2, 0.25) is 0 Å². The van der Waals surface area contributed by atoms with E-state index in [1.54, 1.807) is 49.1 Å². The number of carbonyl (C=O) groups excluding carboxylic acids is 1. The maximum atomic E-state index is 14.6. The van der Waals surface area contributed by atoms with E-state index in [0.717, 1.165) is 16.8 Å².